The minimum atomic E-state index is 0.187. The lowest BCUT2D eigenvalue weighted by Crippen LogP contribution is -2.21. The van der Waals surface area contributed by atoms with Crippen LogP contribution in [-0.2, 0) is 10.8 Å². The lowest BCUT2D eigenvalue weighted by atomic mass is 9.76. The van der Waals surface area contributed by atoms with E-state index < -0.39 is 0 Å². The third-order valence-corrected chi connectivity index (χ3v) is 8.11. The maximum atomic E-state index is 3.99. The van der Waals surface area contributed by atoms with Crippen LogP contribution in [0.5, 0.6) is 0 Å². The van der Waals surface area contributed by atoms with Crippen LogP contribution in [0.3, 0.4) is 0 Å². The number of anilines is 3. The van der Waals surface area contributed by atoms with Gasteiger partial charge in [-0.15, -0.1) is 0 Å². The van der Waals surface area contributed by atoms with Crippen LogP contribution in [0.1, 0.15) is 103 Å². The molecule has 0 fully saturated rings. The first-order valence-electron chi connectivity index (χ1n) is 14.0. The van der Waals surface area contributed by atoms with E-state index in [1.165, 1.54) is 61.0 Å². The van der Waals surface area contributed by atoms with Crippen molar-refractivity contribution < 1.29 is 0 Å². The van der Waals surface area contributed by atoms with Gasteiger partial charge in [0.15, 0.2) is 0 Å². The van der Waals surface area contributed by atoms with Crippen LogP contribution in [0.15, 0.2) is 79.4 Å². The third kappa shape index (κ3) is 6.49. The average Bonchev–Trinajstić information content (AvgIpc) is 2.91. The van der Waals surface area contributed by atoms with E-state index in [9.17, 15) is 0 Å². The predicted octanol–water partition coefficient (Wildman–Crippen LogP) is 11.1. The van der Waals surface area contributed by atoms with Gasteiger partial charge in [0.25, 0.3) is 0 Å². The highest BCUT2D eigenvalue weighted by Gasteiger charge is 2.25. The van der Waals surface area contributed by atoms with Gasteiger partial charge in [0.1, 0.15) is 0 Å². The van der Waals surface area contributed by atoms with E-state index in [-0.39, 0.29) is 10.8 Å². The zero-order valence-corrected chi connectivity index (χ0v) is 23.6. The fourth-order valence-electron chi connectivity index (χ4n) is 5.17. The Labute approximate surface area is 221 Å². The molecule has 1 heteroatoms. The van der Waals surface area contributed by atoms with Crippen molar-refractivity contribution in [3.05, 3.63) is 96.1 Å². The Kier molecular flexibility index (Phi) is 9.60. The zero-order chi connectivity index (χ0) is 26.2. The van der Waals surface area contributed by atoms with Crippen molar-refractivity contribution in [1.29, 1.82) is 0 Å². The molecule has 0 radical (unpaired) electrons. The molecule has 0 aromatic heterocycles. The Morgan fingerprint density at radius 1 is 0.694 bits per heavy atom. The van der Waals surface area contributed by atoms with Crippen molar-refractivity contribution >= 4 is 23.1 Å². The molecule has 0 amide bonds. The molecule has 0 heterocycles. The van der Waals surface area contributed by atoms with Gasteiger partial charge in [0, 0.05) is 17.1 Å². The summed E-state index contributed by atoms with van der Waals surface area (Å²) >= 11 is 0. The number of nitrogens with zero attached hydrogens (tertiary/aromatic N) is 1. The highest BCUT2D eigenvalue weighted by Crippen LogP contribution is 2.39. The Morgan fingerprint density at radius 3 is 1.78 bits per heavy atom. The van der Waals surface area contributed by atoms with Gasteiger partial charge in [-0.1, -0.05) is 116 Å². The molecule has 0 aliphatic rings. The van der Waals surface area contributed by atoms with E-state index in [0.717, 1.165) is 17.7 Å². The van der Waals surface area contributed by atoms with Crippen molar-refractivity contribution in [1.82, 2.24) is 0 Å². The first kappa shape index (κ1) is 27.8. The van der Waals surface area contributed by atoms with E-state index in [1.54, 1.807) is 0 Å². The van der Waals surface area contributed by atoms with Gasteiger partial charge in [0.2, 0.25) is 0 Å². The standard InChI is InChI=1S/C35H47N/c1-8-12-25-34(5,6)29-17-21-31(22-18-29)36(33-16-14-15-28(10-3)27-33)32-23-19-30(20-24-32)35(7,11-4)26-13-9-2/h10,14-24,27H,3,8-9,11-13,25-26H2,1-2,4-7H3. The Bertz CT molecular complexity index is 1090. The Balaban J connectivity index is 2.02. The van der Waals surface area contributed by atoms with Crippen LogP contribution in [0.25, 0.3) is 6.08 Å². The van der Waals surface area contributed by atoms with Gasteiger partial charge in [0.05, 0.1) is 0 Å². The SMILES string of the molecule is C=Cc1cccc(N(c2ccc(C(C)(C)CCCC)cc2)c2ccc(C(C)(CC)CCCC)cc2)c1. The smallest absolute Gasteiger partial charge is 0.0467 e. The van der Waals surface area contributed by atoms with Crippen LogP contribution < -0.4 is 4.90 Å². The van der Waals surface area contributed by atoms with Crippen LogP contribution in [0.4, 0.5) is 17.1 Å². The van der Waals surface area contributed by atoms with E-state index in [0.29, 0.717) is 0 Å². The van der Waals surface area contributed by atoms with Gasteiger partial charge < -0.3 is 4.90 Å². The molecular formula is C35H47N. The third-order valence-electron chi connectivity index (χ3n) is 8.11. The second-order valence-electron chi connectivity index (χ2n) is 11.2. The van der Waals surface area contributed by atoms with Crippen molar-refractivity contribution in [2.24, 2.45) is 0 Å². The van der Waals surface area contributed by atoms with Crippen molar-refractivity contribution in [2.45, 2.75) is 97.3 Å². The molecular weight excluding hydrogens is 434 g/mol. The molecule has 0 spiro atoms. The molecule has 0 saturated heterocycles. The number of unbranched alkanes of at least 4 members (excludes halogenated alkanes) is 2. The van der Waals surface area contributed by atoms with Gasteiger partial charge in [-0.3, -0.25) is 0 Å². The van der Waals surface area contributed by atoms with Gasteiger partial charge >= 0.3 is 0 Å². The van der Waals surface area contributed by atoms with Crippen LogP contribution in [-0.4, -0.2) is 0 Å². The Hall–Kier alpha value is -2.80. The molecule has 0 aliphatic carbocycles. The topological polar surface area (TPSA) is 3.24 Å². The molecule has 0 bridgehead atoms. The van der Waals surface area contributed by atoms with E-state index in [4.69, 9.17) is 0 Å². The Morgan fingerprint density at radius 2 is 1.25 bits per heavy atom. The first-order chi connectivity index (χ1) is 17.3. The summed E-state index contributed by atoms with van der Waals surface area (Å²) in [5.41, 5.74) is 7.92. The van der Waals surface area contributed by atoms with Crippen molar-refractivity contribution in [2.75, 3.05) is 4.90 Å². The van der Waals surface area contributed by atoms with E-state index in [1.807, 2.05) is 6.08 Å². The summed E-state index contributed by atoms with van der Waals surface area (Å²) in [7, 11) is 0. The monoisotopic (exact) mass is 481 g/mol. The second-order valence-corrected chi connectivity index (χ2v) is 11.2. The van der Waals surface area contributed by atoms with Gasteiger partial charge in [-0.25, -0.2) is 0 Å². The fourth-order valence-corrected chi connectivity index (χ4v) is 5.17. The number of hydrogen-bond donors (Lipinski definition) is 0. The van der Waals surface area contributed by atoms with Crippen LogP contribution in [0.2, 0.25) is 0 Å². The molecule has 1 nitrogen and oxygen atoms in total. The minimum absolute atomic E-state index is 0.187. The quantitative estimate of drug-likeness (QED) is 0.234. The fraction of sp³-hybridized carbons (Fsp3) is 0.429. The van der Waals surface area contributed by atoms with Crippen molar-refractivity contribution in [3.8, 4) is 0 Å². The lowest BCUT2D eigenvalue weighted by molar-refractivity contribution is 0.403. The molecule has 0 aliphatic heterocycles. The van der Waals surface area contributed by atoms with Gasteiger partial charge in [-0.2, -0.15) is 0 Å². The van der Waals surface area contributed by atoms with Crippen LogP contribution in [0, 0.1) is 0 Å². The highest BCUT2D eigenvalue weighted by molar-refractivity contribution is 5.78. The molecule has 3 aromatic rings. The largest absolute Gasteiger partial charge is 0.310 e. The van der Waals surface area contributed by atoms with E-state index in [2.05, 4.69) is 126 Å². The number of benzene rings is 3. The zero-order valence-electron chi connectivity index (χ0n) is 23.6. The maximum Gasteiger partial charge on any atom is 0.0467 e. The average molecular weight is 482 g/mol. The normalized spacial score (nSPS) is 13.3. The molecule has 1 atom stereocenters. The predicted molar refractivity (Wildman–Crippen MR) is 161 cm³/mol. The number of rotatable bonds is 13. The molecule has 1 unspecified atom stereocenters. The van der Waals surface area contributed by atoms with E-state index >= 15 is 0 Å². The summed E-state index contributed by atoms with van der Waals surface area (Å²) < 4.78 is 0. The summed E-state index contributed by atoms with van der Waals surface area (Å²) in [6, 6.07) is 27.2. The molecule has 36 heavy (non-hydrogen) atoms. The van der Waals surface area contributed by atoms with Crippen molar-refractivity contribution in [3.63, 3.8) is 0 Å². The highest BCUT2D eigenvalue weighted by atomic mass is 15.1. The molecule has 0 saturated carbocycles. The summed E-state index contributed by atoms with van der Waals surface area (Å²) in [5, 5.41) is 0. The first-order valence-corrected chi connectivity index (χ1v) is 14.0. The molecule has 3 rings (SSSR count). The lowest BCUT2D eigenvalue weighted by Gasteiger charge is -2.31. The number of hydrogen-bond acceptors (Lipinski definition) is 1. The maximum absolute atomic E-state index is 3.99. The molecule has 192 valence electrons. The molecule has 0 N–H and O–H groups in total. The molecule has 3 aromatic carbocycles. The van der Waals surface area contributed by atoms with Crippen LogP contribution >= 0.6 is 0 Å². The minimum Gasteiger partial charge on any atom is -0.310 e. The summed E-state index contributed by atoms with van der Waals surface area (Å²) in [6.07, 6.45) is 10.5. The summed E-state index contributed by atoms with van der Waals surface area (Å²) in [6.45, 7) is 18.0. The summed E-state index contributed by atoms with van der Waals surface area (Å²) in [5.74, 6) is 0. The second kappa shape index (κ2) is 12.4. The summed E-state index contributed by atoms with van der Waals surface area (Å²) in [4.78, 5) is 2.37. The van der Waals surface area contributed by atoms with Gasteiger partial charge in [-0.05, 0) is 83.2 Å².